The number of nitriles is 2. The third-order valence-corrected chi connectivity index (χ3v) is 6.60. The second-order valence-electron chi connectivity index (χ2n) is 8.82. The molecule has 0 aliphatic carbocycles. The SMILES string of the molecule is CC(c1cnc[nH]1)N(Cc1ccc(C#N)cc1)C(=O)c1ccc(C#N)c(-c2cccc3ccccc23)c1. The molecule has 0 saturated heterocycles. The van der Waals surface area contributed by atoms with E-state index in [2.05, 4.69) is 22.1 Å². The van der Waals surface area contributed by atoms with E-state index >= 15 is 0 Å². The highest BCUT2D eigenvalue weighted by Crippen LogP contribution is 2.33. The molecule has 0 bridgehead atoms. The molecule has 178 valence electrons. The second kappa shape index (κ2) is 10.2. The minimum atomic E-state index is -0.290. The second-order valence-corrected chi connectivity index (χ2v) is 8.82. The molecular formula is C31H23N5O. The summed E-state index contributed by atoms with van der Waals surface area (Å²) < 4.78 is 0. The van der Waals surface area contributed by atoms with E-state index in [1.807, 2.05) is 67.6 Å². The molecule has 1 amide bonds. The fourth-order valence-corrected chi connectivity index (χ4v) is 4.55. The highest BCUT2D eigenvalue weighted by Gasteiger charge is 2.25. The van der Waals surface area contributed by atoms with Crippen molar-refractivity contribution in [3.63, 3.8) is 0 Å². The van der Waals surface area contributed by atoms with Gasteiger partial charge in [0.05, 0.1) is 47.5 Å². The molecule has 0 radical (unpaired) electrons. The van der Waals surface area contributed by atoms with Gasteiger partial charge in [0.1, 0.15) is 0 Å². The minimum absolute atomic E-state index is 0.169. The van der Waals surface area contributed by atoms with Crippen molar-refractivity contribution in [3.05, 3.63) is 125 Å². The van der Waals surface area contributed by atoms with Gasteiger partial charge in [0.2, 0.25) is 0 Å². The Hall–Kier alpha value is -5.20. The maximum Gasteiger partial charge on any atom is 0.254 e. The van der Waals surface area contributed by atoms with Crippen molar-refractivity contribution in [2.45, 2.75) is 19.5 Å². The van der Waals surface area contributed by atoms with Crippen LogP contribution in [0.25, 0.3) is 21.9 Å². The number of amides is 1. The average molecular weight is 482 g/mol. The third-order valence-electron chi connectivity index (χ3n) is 6.60. The number of imidazole rings is 1. The number of hydrogen-bond donors (Lipinski definition) is 1. The van der Waals surface area contributed by atoms with Crippen molar-refractivity contribution < 1.29 is 4.79 Å². The lowest BCUT2D eigenvalue weighted by Gasteiger charge is -2.29. The summed E-state index contributed by atoms with van der Waals surface area (Å²) >= 11 is 0. The highest BCUT2D eigenvalue weighted by molar-refractivity contribution is 6.01. The van der Waals surface area contributed by atoms with Crippen molar-refractivity contribution in [2.75, 3.05) is 0 Å². The number of hydrogen-bond acceptors (Lipinski definition) is 4. The Morgan fingerprint density at radius 2 is 1.73 bits per heavy atom. The summed E-state index contributed by atoms with van der Waals surface area (Å²) in [6.07, 6.45) is 3.31. The van der Waals surface area contributed by atoms with Gasteiger partial charge in [-0.2, -0.15) is 10.5 Å². The van der Waals surface area contributed by atoms with Gasteiger partial charge in [-0.05, 0) is 59.2 Å². The molecule has 0 saturated carbocycles. The standard InChI is InChI=1S/C31H23N5O/c1-21(30-18-34-20-35-30)36(19-23-11-9-22(16-32)10-12-23)31(37)25-13-14-26(17-33)29(15-25)28-8-4-6-24-5-2-3-7-27(24)28/h2-15,18,20-21H,19H2,1H3,(H,34,35). The molecule has 5 rings (SSSR count). The summed E-state index contributed by atoms with van der Waals surface area (Å²) in [5.74, 6) is -0.169. The van der Waals surface area contributed by atoms with Gasteiger partial charge in [-0.3, -0.25) is 4.79 Å². The number of rotatable bonds is 6. The number of nitrogens with one attached hydrogen (secondary N) is 1. The van der Waals surface area contributed by atoms with Gasteiger partial charge >= 0.3 is 0 Å². The summed E-state index contributed by atoms with van der Waals surface area (Å²) in [5.41, 5.74) is 4.90. The Bertz CT molecular complexity index is 1650. The zero-order chi connectivity index (χ0) is 25.8. The molecule has 0 spiro atoms. The van der Waals surface area contributed by atoms with Gasteiger partial charge in [0, 0.05) is 17.7 Å². The minimum Gasteiger partial charge on any atom is -0.347 e. The first-order chi connectivity index (χ1) is 18.1. The fraction of sp³-hybridized carbons (Fsp3) is 0.0968. The van der Waals surface area contributed by atoms with E-state index in [9.17, 15) is 10.1 Å². The molecule has 0 aliphatic heterocycles. The van der Waals surface area contributed by atoms with Crippen molar-refractivity contribution in [1.29, 1.82) is 10.5 Å². The monoisotopic (exact) mass is 481 g/mol. The molecule has 6 nitrogen and oxygen atoms in total. The zero-order valence-electron chi connectivity index (χ0n) is 20.2. The van der Waals surface area contributed by atoms with Crippen LogP contribution < -0.4 is 0 Å². The lowest BCUT2D eigenvalue weighted by atomic mass is 9.93. The normalized spacial score (nSPS) is 11.4. The summed E-state index contributed by atoms with van der Waals surface area (Å²) in [6.45, 7) is 2.29. The van der Waals surface area contributed by atoms with E-state index in [1.165, 1.54) is 0 Å². The molecule has 1 atom stereocenters. The summed E-state index contributed by atoms with van der Waals surface area (Å²) in [4.78, 5) is 23.0. The number of aromatic nitrogens is 2. The average Bonchev–Trinajstić information content (AvgIpc) is 3.50. The van der Waals surface area contributed by atoms with Crippen LogP contribution in [0.3, 0.4) is 0 Å². The Labute approximate surface area is 215 Å². The molecule has 1 heterocycles. The van der Waals surface area contributed by atoms with Crippen molar-refractivity contribution in [1.82, 2.24) is 14.9 Å². The summed E-state index contributed by atoms with van der Waals surface area (Å²) in [7, 11) is 0. The van der Waals surface area contributed by atoms with Gasteiger partial charge in [0.25, 0.3) is 5.91 Å². The topological polar surface area (TPSA) is 96.6 Å². The molecule has 4 aromatic carbocycles. The Morgan fingerprint density at radius 3 is 2.46 bits per heavy atom. The van der Waals surface area contributed by atoms with E-state index < -0.39 is 0 Å². The lowest BCUT2D eigenvalue weighted by Crippen LogP contribution is -2.33. The molecular weight excluding hydrogens is 458 g/mol. The zero-order valence-corrected chi connectivity index (χ0v) is 20.2. The summed E-state index contributed by atoms with van der Waals surface area (Å²) in [5, 5.41) is 21.1. The van der Waals surface area contributed by atoms with Gasteiger partial charge in [0.15, 0.2) is 0 Å². The molecule has 0 fully saturated rings. The summed E-state index contributed by atoms with van der Waals surface area (Å²) in [6, 6.07) is 30.6. The van der Waals surface area contributed by atoms with E-state index in [4.69, 9.17) is 5.26 Å². The Balaban J connectivity index is 1.58. The maximum absolute atomic E-state index is 14.0. The third kappa shape index (κ3) is 4.69. The first-order valence-electron chi connectivity index (χ1n) is 11.9. The molecule has 1 aromatic heterocycles. The predicted molar refractivity (Wildman–Crippen MR) is 142 cm³/mol. The van der Waals surface area contributed by atoms with Crippen LogP contribution in [-0.2, 0) is 6.54 Å². The Morgan fingerprint density at radius 1 is 0.946 bits per heavy atom. The number of nitrogens with zero attached hydrogens (tertiary/aromatic N) is 4. The molecule has 5 aromatic rings. The number of aromatic amines is 1. The van der Waals surface area contributed by atoms with Crippen LogP contribution in [0.5, 0.6) is 0 Å². The van der Waals surface area contributed by atoms with E-state index in [0.29, 0.717) is 23.2 Å². The predicted octanol–water partition coefficient (Wildman–Crippen LogP) is 6.38. The Kier molecular flexibility index (Phi) is 6.48. The molecule has 1 N–H and O–H groups in total. The number of carbonyl (C=O) groups is 1. The number of carbonyl (C=O) groups excluding carboxylic acids is 1. The largest absolute Gasteiger partial charge is 0.347 e. The van der Waals surface area contributed by atoms with Crippen LogP contribution in [0.4, 0.5) is 0 Å². The van der Waals surface area contributed by atoms with Gasteiger partial charge in [-0.1, -0.05) is 54.6 Å². The smallest absolute Gasteiger partial charge is 0.254 e. The van der Waals surface area contributed by atoms with Gasteiger partial charge in [-0.15, -0.1) is 0 Å². The first-order valence-corrected chi connectivity index (χ1v) is 11.9. The van der Waals surface area contributed by atoms with Crippen LogP contribution >= 0.6 is 0 Å². The number of benzene rings is 4. The van der Waals surface area contributed by atoms with E-state index in [-0.39, 0.29) is 11.9 Å². The van der Waals surface area contributed by atoms with Crippen LogP contribution in [0.1, 0.15) is 45.7 Å². The van der Waals surface area contributed by atoms with Crippen LogP contribution in [0.2, 0.25) is 0 Å². The highest BCUT2D eigenvalue weighted by atomic mass is 16.2. The van der Waals surface area contributed by atoms with Crippen molar-refractivity contribution in [2.24, 2.45) is 0 Å². The quantitative estimate of drug-likeness (QED) is 0.304. The molecule has 0 aliphatic rings. The van der Waals surface area contributed by atoms with Gasteiger partial charge < -0.3 is 9.88 Å². The lowest BCUT2D eigenvalue weighted by molar-refractivity contribution is 0.0671. The maximum atomic E-state index is 14.0. The van der Waals surface area contributed by atoms with Crippen LogP contribution in [0, 0.1) is 22.7 Å². The number of fused-ring (bicyclic) bond motifs is 1. The van der Waals surface area contributed by atoms with Crippen LogP contribution in [-0.4, -0.2) is 20.8 Å². The molecule has 6 heteroatoms. The van der Waals surface area contributed by atoms with Crippen molar-refractivity contribution in [3.8, 4) is 23.3 Å². The fourth-order valence-electron chi connectivity index (χ4n) is 4.55. The molecule has 37 heavy (non-hydrogen) atoms. The van der Waals surface area contributed by atoms with E-state index in [1.54, 1.807) is 41.7 Å². The van der Waals surface area contributed by atoms with E-state index in [0.717, 1.165) is 33.2 Å². The van der Waals surface area contributed by atoms with Crippen LogP contribution in [0.15, 0.2) is 97.5 Å². The molecule has 1 unspecified atom stereocenters. The van der Waals surface area contributed by atoms with Crippen molar-refractivity contribution >= 4 is 16.7 Å². The number of H-pyrrole nitrogens is 1. The first kappa shape index (κ1) is 23.5. The van der Waals surface area contributed by atoms with Gasteiger partial charge in [-0.25, -0.2) is 4.98 Å².